The van der Waals surface area contributed by atoms with Gasteiger partial charge in [0.1, 0.15) is 0 Å². The summed E-state index contributed by atoms with van der Waals surface area (Å²) in [5.74, 6) is 0.0577. The zero-order valence-electron chi connectivity index (χ0n) is 14.9. The Morgan fingerprint density at radius 3 is 2.42 bits per heavy atom. The van der Waals surface area contributed by atoms with Crippen LogP contribution in [0, 0.1) is 13.8 Å². The number of carbonyl (C=O) groups is 1. The van der Waals surface area contributed by atoms with Gasteiger partial charge < -0.3 is 4.90 Å². The minimum Gasteiger partial charge on any atom is -0.341 e. The molecule has 1 aromatic rings. The van der Waals surface area contributed by atoms with Crippen LogP contribution in [0.4, 0.5) is 0 Å². The summed E-state index contributed by atoms with van der Waals surface area (Å²) < 4.78 is 27.1. The topological polar surface area (TPSA) is 60.9 Å². The Kier molecular flexibility index (Phi) is 6.01. The van der Waals surface area contributed by atoms with Crippen molar-refractivity contribution in [2.24, 2.45) is 0 Å². The Bertz CT molecular complexity index is 701. The predicted molar refractivity (Wildman–Crippen MR) is 95.0 cm³/mol. The van der Waals surface area contributed by atoms with Crippen LogP contribution < -0.4 is 0 Å². The molecule has 0 bridgehead atoms. The Morgan fingerprint density at radius 2 is 1.79 bits per heavy atom. The molecule has 7 heteroatoms. The number of hydrogen-bond donors (Lipinski definition) is 0. The highest BCUT2D eigenvalue weighted by Gasteiger charge is 2.28. The predicted octanol–water partition coefficient (Wildman–Crippen LogP) is 1.19. The lowest BCUT2D eigenvalue weighted by Gasteiger charge is -2.24. The maximum absolute atomic E-state index is 12.6. The van der Waals surface area contributed by atoms with Crippen molar-refractivity contribution >= 4 is 16.1 Å². The van der Waals surface area contributed by atoms with Crippen molar-refractivity contribution < 1.29 is 13.2 Å². The van der Waals surface area contributed by atoms with E-state index < -0.39 is 10.2 Å². The highest BCUT2D eigenvalue weighted by Crippen LogP contribution is 2.14. The summed E-state index contributed by atoms with van der Waals surface area (Å²) in [5.41, 5.74) is 3.40. The van der Waals surface area contributed by atoms with Gasteiger partial charge in [-0.25, -0.2) is 0 Å². The molecule has 1 aromatic carbocycles. The molecule has 0 aromatic heterocycles. The van der Waals surface area contributed by atoms with E-state index in [2.05, 4.69) is 6.92 Å². The Labute approximate surface area is 145 Å². The van der Waals surface area contributed by atoms with Crippen molar-refractivity contribution in [1.82, 2.24) is 13.5 Å². The molecule has 1 saturated heterocycles. The van der Waals surface area contributed by atoms with Gasteiger partial charge in [-0.2, -0.15) is 17.0 Å². The molecule has 0 unspecified atom stereocenters. The average molecular weight is 353 g/mol. The third-order valence-corrected chi connectivity index (χ3v) is 6.46. The van der Waals surface area contributed by atoms with E-state index in [1.165, 1.54) is 33.8 Å². The van der Waals surface area contributed by atoms with Gasteiger partial charge >= 0.3 is 0 Å². The van der Waals surface area contributed by atoms with Gasteiger partial charge in [0.25, 0.3) is 10.2 Å². The van der Waals surface area contributed by atoms with Gasteiger partial charge in [0.2, 0.25) is 5.91 Å². The zero-order valence-corrected chi connectivity index (χ0v) is 15.8. The maximum atomic E-state index is 12.6. The molecular formula is C17H27N3O3S. The van der Waals surface area contributed by atoms with E-state index in [0.717, 1.165) is 5.56 Å². The second-order valence-electron chi connectivity index (χ2n) is 6.52. The van der Waals surface area contributed by atoms with Crippen LogP contribution in [0.1, 0.15) is 23.1 Å². The maximum Gasteiger partial charge on any atom is 0.281 e. The van der Waals surface area contributed by atoms with Crippen molar-refractivity contribution in [3.8, 4) is 0 Å². The summed E-state index contributed by atoms with van der Waals surface area (Å²) in [6, 6.07) is 6.07. The van der Waals surface area contributed by atoms with Gasteiger partial charge in [0.15, 0.2) is 0 Å². The van der Waals surface area contributed by atoms with Crippen LogP contribution in [0.3, 0.4) is 0 Å². The molecule has 0 atom stereocenters. The van der Waals surface area contributed by atoms with Gasteiger partial charge in [-0.3, -0.25) is 4.79 Å². The van der Waals surface area contributed by atoms with Crippen LogP contribution in [0.5, 0.6) is 0 Å². The van der Waals surface area contributed by atoms with Crippen LogP contribution in [0.2, 0.25) is 0 Å². The van der Waals surface area contributed by atoms with Gasteiger partial charge in [-0.1, -0.05) is 18.2 Å². The van der Waals surface area contributed by atoms with Gasteiger partial charge in [0.05, 0.1) is 6.42 Å². The number of aryl methyl sites for hydroxylation is 2. The summed E-state index contributed by atoms with van der Waals surface area (Å²) in [7, 11) is -0.352. The highest BCUT2D eigenvalue weighted by atomic mass is 32.2. The lowest BCUT2D eigenvalue weighted by atomic mass is 10.0. The summed E-state index contributed by atoms with van der Waals surface area (Å²) >= 11 is 0. The quantitative estimate of drug-likeness (QED) is 0.817. The fourth-order valence-corrected chi connectivity index (χ4v) is 3.94. The van der Waals surface area contributed by atoms with Gasteiger partial charge in [-0.05, 0) is 37.0 Å². The first-order chi connectivity index (χ1) is 11.2. The molecule has 1 fully saturated rings. The number of carbonyl (C=O) groups excluding carboxylic acids is 1. The third-order valence-electron chi connectivity index (χ3n) is 4.52. The first kappa shape index (κ1) is 18.9. The van der Waals surface area contributed by atoms with Crippen molar-refractivity contribution in [3.05, 3.63) is 34.9 Å². The second kappa shape index (κ2) is 7.63. The molecule has 0 spiro atoms. The normalized spacial score (nSPS) is 17.1. The molecule has 0 aliphatic carbocycles. The summed E-state index contributed by atoms with van der Waals surface area (Å²) in [6.45, 7) is 5.93. The SMILES string of the molecule is Cc1ccc(CC(=O)N2CCCN(S(=O)(=O)N(C)C)CC2)cc1C. The molecule has 1 heterocycles. The first-order valence-electron chi connectivity index (χ1n) is 8.23. The number of nitrogens with zero attached hydrogens (tertiary/aromatic N) is 3. The fourth-order valence-electron chi connectivity index (χ4n) is 2.80. The van der Waals surface area contributed by atoms with Crippen LogP contribution in [0.25, 0.3) is 0 Å². The van der Waals surface area contributed by atoms with Gasteiger partial charge in [-0.15, -0.1) is 0 Å². The van der Waals surface area contributed by atoms with E-state index in [4.69, 9.17) is 0 Å². The minimum atomic E-state index is -3.41. The number of rotatable bonds is 4. The average Bonchev–Trinajstić information content (AvgIpc) is 2.77. The third kappa shape index (κ3) is 4.34. The molecule has 0 saturated carbocycles. The molecule has 1 amide bonds. The Hall–Kier alpha value is -1.44. The molecule has 0 radical (unpaired) electrons. The van der Waals surface area contributed by atoms with Crippen molar-refractivity contribution in [2.45, 2.75) is 26.7 Å². The van der Waals surface area contributed by atoms with Crippen LogP contribution in [-0.4, -0.2) is 68.1 Å². The molecular weight excluding hydrogens is 326 g/mol. The Balaban J connectivity index is 2.00. The second-order valence-corrected chi connectivity index (χ2v) is 8.66. The molecule has 134 valence electrons. The van der Waals surface area contributed by atoms with Crippen LogP contribution in [-0.2, 0) is 21.4 Å². The zero-order chi connectivity index (χ0) is 17.9. The van der Waals surface area contributed by atoms with E-state index >= 15 is 0 Å². The smallest absolute Gasteiger partial charge is 0.281 e. The minimum absolute atomic E-state index is 0.0577. The van der Waals surface area contributed by atoms with E-state index in [1.54, 1.807) is 4.90 Å². The molecule has 24 heavy (non-hydrogen) atoms. The monoisotopic (exact) mass is 353 g/mol. The number of hydrogen-bond acceptors (Lipinski definition) is 3. The van der Waals surface area contributed by atoms with Crippen LogP contribution in [0.15, 0.2) is 18.2 Å². The standard InChI is InChI=1S/C17H27N3O3S/c1-14-6-7-16(12-15(14)2)13-17(21)19-8-5-9-20(11-10-19)24(22,23)18(3)4/h6-7,12H,5,8-11,13H2,1-4H3. The number of benzene rings is 1. The summed E-state index contributed by atoms with van der Waals surface area (Å²) in [6.07, 6.45) is 1.02. The molecule has 1 aliphatic rings. The summed E-state index contributed by atoms with van der Waals surface area (Å²) in [4.78, 5) is 14.3. The van der Waals surface area contributed by atoms with Crippen molar-refractivity contribution in [3.63, 3.8) is 0 Å². The van der Waals surface area contributed by atoms with Gasteiger partial charge in [0, 0.05) is 40.3 Å². The molecule has 2 rings (SSSR count). The fraction of sp³-hybridized carbons (Fsp3) is 0.588. The Morgan fingerprint density at radius 1 is 1.08 bits per heavy atom. The lowest BCUT2D eigenvalue weighted by molar-refractivity contribution is -0.130. The van der Waals surface area contributed by atoms with Crippen LogP contribution >= 0.6 is 0 Å². The van der Waals surface area contributed by atoms with E-state index in [9.17, 15) is 13.2 Å². The van der Waals surface area contributed by atoms with E-state index in [1.807, 2.05) is 25.1 Å². The van der Waals surface area contributed by atoms with Crippen molar-refractivity contribution in [1.29, 1.82) is 0 Å². The number of amides is 1. The summed E-state index contributed by atoms with van der Waals surface area (Å²) in [5, 5.41) is 0. The first-order valence-corrected chi connectivity index (χ1v) is 9.63. The van der Waals surface area contributed by atoms with Crippen molar-refractivity contribution in [2.75, 3.05) is 40.3 Å². The highest BCUT2D eigenvalue weighted by molar-refractivity contribution is 7.86. The molecule has 1 aliphatic heterocycles. The molecule has 0 N–H and O–H groups in total. The molecule has 6 nitrogen and oxygen atoms in total. The largest absolute Gasteiger partial charge is 0.341 e. The lowest BCUT2D eigenvalue weighted by Crippen LogP contribution is -2.42. The van der Waals surface area contributed by atoms with E-state index in [0.29, 0.717) is 39.0 Å². The van der Waals surface area contributed by atoms with E-state index in [-0.39, 0.29) is 5.91 Å².